The average molecular weight is 414 g/mol. The number of halogens is 1. The van der Waals surface area contributed by atoms with Crippen LogP contribution in [-0.2, 0) is 9.53 Å². The van der Waals surface area contributed by atoms with Crippen LogP contribution in [0.1, 0.15) is 26.2 Å². The Morgan fingerprint density at radius 3 is 2.87 bits per heavy atom. The monoisotopic (exact) mass is 414 g/mol. The number of anilines is 2. The fraction of sp³-hybridized carbons (Fsp3) is 0.524. The first kappa shape index (κ1) is 20.6. The number of aromatic nitrogens is 3. The van der Waals surface area contributed by atoms with Crippen LogP contribution in [0.2, 0.25) is 0 Å². The van der Waals surface area contributed by atoms with Crippen molar-refractivity contribution in [3.8, 4) is 11.3 Å². The highest BCUT2D eigenvalue weighted by molar-refractivity contribution is 5.92. The van der Waals surface area contributed by atoms with Crippen molar-refractivity contribution in [2.24, 2.45) is 11.3 Å². The lowest BCUT2D eigenvalue weighted by atomic mass is 9.82. The minimum absolute atomic E-state index is 0.0956. The molecule has 0 unspecified atom stereocenters. The Labute approximate surface area is 175 Å². The van der Waals surface area contributed by atoms with Gasteiger partial charge in [0.25, 0.3) is 0 Å². The number of pyridine rings is 1. The maximum Gasteiger partial charge on any atom is 0.229 e. The van der Waals surface area contributed by atoms with Crippen LogP contribution in [-0.4, -0.2) is 53.7 Å². The molecule has 3 N–H and O–H groups in total. The summed E-state index contributed by atoms with van der Waals surface area (Å²) in [7, 11) is 0. The summed E-state index contributed by atoms with van der Waals surface area (Å²) in [5, 5.41) is 9.29. The third kappa shape index (κ3) is 4.91. The van der Waals surface area contributed by atoms with Crippen LogP contribution in [0.3, 0.4) is 0 Å². The van der Waals surface area contributed by atoms with Crippen LogP contribution in [0.5, 0.6) is 0 Å². The molecular formula is C21H27FN6O2. The predicted molar refractivity (Wildman–Crippen MR) is 111 cm³/mol. The van der Waals surface area contributed by atoms with Gasteiger partial charge >= 0.3 is 0 Å². The lowest BCUT2D eigenvalue weighted by molar-refractivity contribution is -0.119. The number of carbonyl (C=O) groups excluding carboxylic acids is 1. The van der Waals surface area contributed by atoms with Gasteiger partial charge in [0.05, 0.1) is 17.8 Å². The number of rotatable bonds is 6. The minimum Gasteiger partial charge on any atom is -0.381 e. The van der Waals surface area contributed by atoms with E-state index in [1.165, 1.54) is 12.4 Å². The summed E-state index contributed by atoms with van der Waals surface area (Å²) in [5.74, 6) is 0.232. The van der Waals surface area contributed by atoms with Crippen molar-refractivity contribution in [1.29, 1.82) is 0 Å². The van der Waals surface area contributed by atoms with Crippen LogP contribution < -0.4 is 16.0 Å². The second kappa shape index (κ2) is 9.01. The first-order valence-electron chi connectivity index (χ1n) is 10.3. The van der Waals surface area contributed by atoms with Crippen molar-refractivity contribution in [1.82, 2.24) is 20.3 Å². The van der Waals surface area contributed by atoms with Gasteiger partial charge in [-0.1, -0.05) is 6.92 Å². The molecule has 9 heteroatoms. The Hall–Kier alpha value is -2.65. The van der Waals surface area contributed by atoms with Crippen LogP contribution >= 0.6 is 0 Å². The maximum absolute atomic E-state index is 14.5. The molecule has 1 atom stereocenters. The van der Waals surface area contributed by atoms with Crippen LogP contribution in [0, 0.1) is 17.2 Å². The zero-order valence-corrected chi connectivity index (χ0v) is 17.1. The standard InChI is InChI=1S/C21H27FN6O2/c1-21(3-6-30-7-4-21)12-25-18-9-17(26-13-27-18)15-8-19(24-11-16(15)22)28-20(29)14-2-5-23-10-14/h8-9,11,13-14,23H,2-7,10,12H2,1H3,(H,24,28,29)(H,25,26,27)/t14-/m1/s1. The molecule has 4 heterocycles. The van der Waals surface area contributed by atoms with Gasteiger partial charge in [0, 0.05) is 37.9 Å². The van der Waals surface area contributed by atoms with E-state index in [1.807, 2.05) is 0 Å². The summed E-state index contributed by atoms with van der Waals surface area (Å²) in [6.45, 7) is 5.97. The topological polar surface area (TPSA) is 101 Å². The largest absolute Gasteiger partial charge is 0.381 e. The summed E-state index contributed by atoms with van der Waals surface area (Å²) >= 11 is 0. The smallest absolute Gasteiger partial charge is 0.229 e. The first-order valence-corrected chi connectivity index (χ1v) is 10.3. The van der Waals surface area contributed by atoms with Gasteiger partial charge in [-0.3, -0.25) is 4.79 Å². The van der Waals surface area contributed by atoms with E-state index >= 15 is 0 Å². The van der Waals surface area contributed by atoms with Crippen molar-refractivity contribution in [2.75, 3.05) is 43.5 Å². The van der Waals surface area contributed by atoms with E-state index < -0.39 is 5.82 Å². The average Bonchev–Trinajstić information content (AvgIpc) is 3.30. The van der Waals surface area contributed by atoms with Gasteiger partial charge in [0.1, 0.15) is 18.0 Å². The number of nitrogens with zero attached hydrogens (tertiary/aromatic N) is 3. The second-order valence-corrected chi connectivity index (χ2v) is 8.29. The van der Waals surface area contributed by atoms with E-state index in [9.17, 15) is 9.18 Å². The summed E-state index contributed by atoms with van der Waals surface area (Å²) in [6.07, 6.45) is 5.27. The predicted octanol–water partition coefficient (Wildman–Crippen LogP) is 2.45. The van der Waals surface area contributed by atoms with E-state index in [0.29, 0.717) is 23.9 Å². The van der Waals surface area contributed by atoms with Gasteiger partial charge in [0.15, 0.2) is 5.82 Å². The zero-order valence-electron chi connectivity index (χ0n) is 17.1. The Balaban J connectivity index is 1.47. The molecule has 0 aromatic carbocycles. The van der Waals surface area contributed by atoms with Crippen molar-refractivity contribution >= 4 is 17.5 Å². The summed E-state index contributed by atoms with van der Waals surface area (Å²) in [6, 6.07) is 3.23. The van der Waals surface area contributed by atoms with E-state index in [1.54, 1.807) is 6.07 Å². The van der Waals surface area contributed by atoms with E-state index in [2.05, 4.69) is 37.8 Å². The molecular weight excluding hydrogens is 387 g/mol. The van der Waals surface area contributed by atoms with Crippen LogP contribution in [0.15, 0.2) is 24.7 Å². The fourth-order valence-corrected chi connectivity index (χ4v) is 3.76. The van der Waals surface area contributed by atoms with Crippen LogP contribution in [0.25, 0.3) is 11.3 Å². The lowest BCUT2D eigenvalue weighted by Crippen LogP contribution is -2.33. The molecule has 0 bridgehead atoms. The highest BCUT2D eigenvalue weighted by atomic mass is 19.1. The van der Waals surface area contributed by atoms with Crippen molar-refractivity contribution in [2.45, 2.75) is 26.2 Å². The quantitative estimate of drug-likeness (QED) is 0.667. The van der Waals surface area contributed by atoms with Gasteiger partial charge in [-0.05, 0) is 37.3 Å². The summed E-state index contributed by atoms with van der Waals surface area (Å²) in [5.41, 5.74) is 0.841. The number of carbonyl (C=O) groups is 1. The normalized spacial score (nSPS) is 20.7. The third-order valence-corrected chi connectivity index (χ3v) is 5.88. The number of nitrogens with one attached hydrogen (secondary N) is 3. The number of ether oxygens (including phenoxy) is 1. The lowest BCUT2D eigenvalue weighted by Gasteiger charge is -2.33. The molecule has 0 spiro atoms. The molecule has 8 nitrogen and oxygen atoms in total. The highest BCUT2D eigenvalue weighted by Gasteiger charge is 2.27. The Kier molecular flexibility index (Phi) is 6.19. The summed E-state index contributed by atoms with van der Waals surface area (Å²) in [4.78, 5) is 24.8. The molecule has 2 fully saturated rings. The minimum atomic E-state index is -0.503. The molecule has 0 radical (unpaired) electrons. The molecule has 30 heavy (non-hydrogen) atoms. The van der Waals surface area contributed by atoms with Crippen molar-refractivity contribution in [3.63, 3.8) is 0 Å². The number of amides is 1. The molecule has 2 aromatic rings. The molecule has 0 saturated carbocycles. The summed E-state index contributed by atoms with van der Waals surface area (Å²) < 4.78 is 19.9. The van der Waals surface area contributed by atoms with Gasteiger partial charge in [0.2, 0.25) is 5.91 Å². The van der Waals surface area contributed by atoms with Gasteiger partial charge < -0.3 is 20.7 Å². The molecule has 2 aromatic heterocycles. The Morgan fingerprint density at radius 2 is 2.10 bits per heavy atom. The van der Waals surface area contributed by atoms with Crippen molar-refractivity contribution < 1.29 is 13.9 Å². The number of hydrogen-bond donors (Lipinski definition) is 3. The third-order valence-electron chi connectivity index (χ3n) is 5.88. The molecule has 0 aliphatic carbocycles. The maximum atomic E-state index is 14.5. The molecule has 2 aliphatic heterocycles. The SMILES string of the molecule is CC1(CNc2cc(-c3cc(NC(=O)[C@@H]4CCNC4)ncc3F)ncn2)CCOCC1. The van der Waals surface area contributed by atoms with Crippen molar-refractivity contribution in [3.05, 3.63) is 30.5 Å². The van der Waals surface area contributed by atoms with Gasteiger partial charge in [-0.15, -0.1) is 0 Å². The molecule has 2 saturated heterocycles. The molecule has 4 rings (SSSR count). The van der Waals surface area contributed by atoms with Gasteiger partial charge in [-0.2, -0.15) is 0 Å². The van der Waals surface area contributed by atoms with E-state index in [4.69, 9.17) is 4.74 Å². The zero-order chi connectivity index (χ0) is 21.0. The van der Waals surface area contributed by atoms with E-state index in [0.717, 1.165) is 51.8 Å². The van der Waals surface area contributed by atoms with Gasteiger partial charge in [-0.25, -0.2) is 19.3 Å². The number of hydrogen-bond acceptors (Lipinski definition) is 7. The second-order valence-electron chi connectivity index (χ2n) is 8.29. The Bertz CT molecular complexity index is 897. The first-order chi connectivity index (χ1) is 14.5. The van der Waals surface area contributed by atoms with Crippen LogP contribution in [0.4, 0.5) is 16.0 Å². The molecule has 1 amide bonds. The molecule has 2 aliphatic rings. The Morgan fingerprint density at radius 1 is 1.27 bits per heavy atom. The molecule has 160 valence electrons. The highest BCUT2D eigenvalue weighted by Crippen LogP contribution is 2.30. The van der Waals surface area contributed by atoms with E-state index in [-0.39, 0.29) is 22.8 Å². The fourth-order valence-electron chi connectivity index (χ4n) is 3.76.